The molecule has 4 heteroatoms. The van der Waals surface area contributed by atoms with E-state index in [2.05, 4.69) is 5.32 Å². The quantitative estimate of drug-likeness (QED) is 0.693. The van der Waals surface area contributed by atoms with E-state index in [0.29, 0.717) is 12.1 Å². The van der Waals surface area contributed by atoms with Crippen LogP contribution in [-0.4, -0.2) is 44.8 Å². The zero-order valence-electron chi connectivity index (χ0n) is 8.49. The van der Waals surface area contributed by atoms with Crippen LogP contribution in [0.2, 0.25) is 0 Å². The van der Waals surface area contributed by atoms with Crippen LogP contribution in [0.5, 0.6) is 0 Å². The summed E-state index contributed by atoms with van der Waals surface area (Å²) in [7, 11) is 1.57. The van der Waals surface area contributed by atoms with Gasteiger partial charge < -0.3 is 14.8 Å². The third kappa shape index (κ3) is 2.13. The van der Waals surface area contributed by atoms with E-state index in [1.165, 1.54) is 0 Å². The van der Waals surface area contributed by atoms with E-state index < -0.39 is 0 Å². The Morgan fingerprint density at radius 3 is 2.64 bits per heavy atom. The third-order valence-electron chi connectivity index (χ3n) is 2.99. The van der Waals surface area contributed by atoms with Gasteiger partial charge in [-0.15, -0.1) is 0 Å². The molecule has 2 heterocycles. The Hall–Kier alpha value is -0.450. The van der Waals surface area contributed by atoms with Crippen LogP contribution in [0.3, 0.4) is 0 Å². The number of ether oxygens (including phenoxy) is 2. The largest absolute Gasteiger partial charge is 0.378 e. The standard InChI is InChI=1S/C10H17NO3/c1-13-6-10(12)7-2-8-4-14-5-9(3-7)11-8/h7-9,11H,2-6H2,1H3. The molecule has 0 radical (unpaired) electrons. The zero-order valence-corrected chi connectivity index (χ0v) is 8.49. The molecule has 2 unspecified atom stereocenters. The molecule has 0 spiro atoms. The topological polar surface area (TPSA) is 47.6 Å². The molecule has 4 nitrogen and oxygen atoms in total. The SMILES string of the molecule is COCC(=O)C1CC2COCC(C1)N2. The summed E-state index contributed by atoms with van der Waals surface area (Å²) in [5.41, 5.74) is 0. The second kappa shape index (κ2) is 4.38. The molecule has 2 atom stereocenters. The second-order valence-corrected chi connectivity index (χ2v) is 4.17. The second-order valence-electron chi connectivity index (χ2n) is 4.17. The van der Waals surface area contributed by atoms with Crippen molar-refractivity contribution in [3.8, 4) is 0 Å². The summed E-state index contributed by atoms with van der Waals surface area (Å²) in [6.45, 7) is 1.74. The number of fused-ring (bicyclic) bond motifs is 2. The van der Waals surface area contributed by atoms with Crippen molar-refractivity contribution in [2.45, 2.75) is 24.9 Å². The fourth-order valence-corrected chi connectivity index (χ4v) is 2.36. The number of hydrogen-bond acceptors (Lipinski definition) is 4. The Morgan fingerprint density at radius 1 is 1.43 bits per heavy atom. The average molecular weight is 199 g/mol. The molecule has 14 heavy (non-hydrogen) atoms. The number of piperidine rings is 1. The van der Waals surface area contributed by atoms with Crippen molar-refractivity contribution in [2.24, 2.45) is 5.92 Å². The van der Waals surface area contributed by atoms with E-state index in [1.807, 2.05) is 0 Å². The van der Waals surface area contributed by atoms with Crippen molar-refractivity contribution in [3.05, 3.63) is 0 Å². The molecule has 2 fully saturated rings. The summed E-state index contributed by atoms with van der Waals surface area (Å²) in [5, 5.41) is 3.46. The van der Waals surface area contributed by atoms with Crippen LogP contribution >= 0.6 is 0 Å². The number of hydrogen-bond donors (Lipinski definition) is 1. The normalized spacial score (nSPS) is 36.8. The molecule has 0 aromatic rings. The van der Waals surface area contributed by atoms with Gasteiger partial charge in [-0.25, -0.2) is 0 Å². The van der Waals surface area contributed by atoms with Gasteiger partial charge in [0.25, 0.3) is 0 Å². The Balaban J connectivity index is 1.91. The molecular formula is C10H17NO3. The lowest BCUT2D eigenvalue weighted by Crippen LogP contribution is -2.55. The number of ketones is 1. The van der Waals surface area contributed by atoms with Gasteiger partial charge in [0.15, 0.2) is 5.78 Å². The number of Topliss-reactive ketones (excluding diaryl/α,β-unsaturated/α-hetero) is 1. The molecule has 2 rings (SSSR count). The first-order chi connectivity index (χ1) is 6.79. The number of rotatable bonds is 3. The van der Waals surface area contributed by atoms with Gasteiger partial charge in [-0.3, -0.25) is 4.79 Å². The van der Waals surface area contributed by atoms with Crippen molar-refractivity contribution in [3.63, 3.8) is 0 Å². The smallest absolute Gasteiger partial charge is 0.161 e. The van der Waals surface area contributed by atoms with Crippen LogP contribution in [0, 0.1) is 5.92 Å². The van der Waals surface area contributed by atoms with Crippen molar-refractivity contribution in [1.29, 1.82) is 0 Å². The van der Waals surface area contributed by atoms with Crippen molar-refractivity contribution >= 4 is 5.78 Å². The molecule has 80 valence electrons. The van der Waals surface area contributed by atoms with Crippen LogP contribution in [0.25, 0.3) is 0 Å². The third-order valence-corrected chi connectivity index (χ3v) is 2.99. The molecule has 2 bridgehead atoms. The van der Waals surface area contributed by atoms with Gasteiger partial charge in [0.05, 0.1) is 13.2 Å². The summed E-state index contributed by atoms with van der Waals surface area (Å²) < 4.78 is 10.3. The average Bonchev–Trinajstić information content (AvgIpc) is 2.17. The van der Waals surface area contributed by atoms with Crippen LogP contribution in [0.4, 0.5) is 0 Å². The maximum Gasteiger partial charge on any atom is 0.161 e. The summed E-state index contributed by atoms with van der Waals surface area (Å²) in [4.78, 5) is 11.6. The van der Waals surface area contributed by atoms with Gasteiger partial charge in [-0.2, -0.15) is 0 Å². The molecule has 0 amide bonds. The van der Waals surface area contributed by atoms with Crippen molar-refractivity contribution < 1.29 is 14.3 Å². The Morgan fingerprint density at radius 2 is 2.07 bits per heavy atom. The van der Waals surface area contributed by atoms with Crippen LogP contribution in [0.1, 0.15) is 12.8 Å². The number of morpholine rings is 1. The van der Waals surface area contributed by atoms with Crippen LogP contribution < -0.4 is 5.32 Å². The monoisotopic (exact) mass is 199 g/mol. The van der Waals surface area contributed by atoms with Crippen molar-refractivity contribution in [1.82, 2.24) is 5.32 Å². The van der Waals surface area contributed by atoms with Crippen LogP contribution in [-0.2, 0) is 14.3 Å². The number of nitrogens with one attached hydrogen (secondary N) is 1. The Bertz CT molecular complexity index is 207. The minimum Gasteiger partial charge on any atom is -0.378 e. The highest BCUT2D eigenvalue weighted by Gasteiger charge is 2.34. The minimum atomic E-state index is 0.176. The molecular weight excluding hydrogens is 182 g/mol. The predicted octanol–water partition coefficient (Wildman–Crippen LogP) is -0.0311. The minimum absolute atomic E-state index is 0.176. The maximum atomic E-state index is 11.6. The molecule has 0 saturated carbocycles. The van der Waals surface area contributed by atoms with Gasteiger partial charge >= 0.3 is 0 Å². The number of methoxy groups -OCH3 is 1. The summed E-state index contributed by atoms with van der Waals surface area (Å²) in [6.07, 6.45) is 1.80. The molecule has 0 aromatic carbocycles. The van der Waals surface area contributed by atoms with E-state index in [-0.39, 0.29) is 18.3 Å². The molecule has 1 N–H and O–H groups in total. The van der Waals surface area contributed by atoms with Gasteiger partial charge in [-0.05, 0) is 12.8 Å². The van der Waals surface area contributed by atoms with E-state index in [0.717, 1.165) is 26.1 Å². The lowest BCUT2D eigenvalue weighted by molar-refractivity contribution is -0.129. The first-order valence-electron chi connectivity index (χ1n) is 5.15. The highest BCUT2D eigenvalue weighted by molar-refractivity contribution is 5.82. The molecule has 2 aliphatic heterocycles. The lowest BCUT2D eigenvalue weighted by atomic mass is 9.84. The van der Waals surface area contributed by atoms with Crippen molar-refractivity contribution in [2.75, 3.05) is 26.9 Å². The van der Waals surface area contributed by atoms with E-state index in [9.17, 15) is 4.79 Å². The van der Waals surface area contributed by atoms with Gasteiger partial charge in [0, 0.05) is 25.1 Å². The Kier molecular flexibility index (Phi) is 3.15. The number of carbonyl (C=O) groups is 1. The highest BCUT2D eigenvalue weighted by atomic mass is 16.5. The molecule has 2 saturated heterocycles. The van der Waals surface area contributed by atoms with Gasteiger partial charge in [0.2, 0.25) is 0 Å². The maximum absolute atomic E-state index is 11.6. The summed E-state index contributed by atoms with van der Waals surface area (Å²) in [6, 6.07) is 0.738. The molecule has 2 aliphatic rings. The first-order valence-corrected chi connectivity index (χ1v) is 5.15. The fraction of sp³-hybridized carbons (Fsp3) is 0.900. The zero-order chi connectivity index (χ0) is 9.97. The lowest BCUT2D eigenvalue weighted by Gasteiger charge is -2.39. The van der Waals surface area contributed by atoms with E-state index >= 15 is 0 Å². The first kappa shape index (κ1) is 10.1. The molecule has 0 aromatic heterocycles. The summed E-state index contributed by atoms with van der Waals surface area (Å²) in [5.74, 6) is 0.418. The highest BCUT2D eigenvalue weighted by Crippen LogP contribution is 2.24. The predicted molar refractivity (Wildman–Crippen MR) is 51.1 cm³/mol. The molecule has 0 aliphatic carbocycles. The van der Waals surface area contributed by atoms with Gasteiger partial charge in [-0.1, -0.05) is 0 Å². The van der Waals surface area contributed by atoms with E-state index in [1.54, 1.807) is 7.11 Å². The number of carbonyl (C=O) groups excluding carboxylic acids is 1. The Labute approximate surface area is 84.0 Å². The van der Waals surface area contributed by atoms with Crippen LogP contribution in [0.15, 0.2) is 0 Å². The van der Waals surface area contributed by atoms with E-state index in [4.69, 9.17) is 9.47 Å². The fourth-order valence-electron chi connectivity index (χ4n) is 2.36. The summed E-state index contributed by atoms with van der Waals surface area (Å²) >= 11 is 0. The van der Waals surface area contributed by atoms with Gasteiger partial charge in [0.1, 0.15) is 6.61 Å².